The molecule has 0 saturated heterocycles. The molecule has 0 aliphatic rings. The van der Waals surface area contributed by atoms with Gasteiger partial charge in [0.2, 0.25) is 0 Å². The molecule has 0 atom stereocenters. The number of methoxy groups -OCH3 is 2. The first-order valence-electron chi connectivity index (χ1n) is 8.06. The van der Waals surface area contributed by atoms with Gasteiger partial charge in [0.05, 0.1) is 20.8 Å². The zero-order valence-corrected chi connectivity index (χ0v) is 14.9. The minimum atomic E-state index is -0.619. The van der Waals surface area contributed by atoms with Gasteiger partial charge in [-0.15, -0.1) is 0 Å². The number of ether oxygens (including phenoxy) is 3. The Morgan fingerprint density at radius 1 is 1.00 bits per heavy atom. The summed E-state index contributed by atoms with van der Waals surface area (Å²) in [6, 6.07) is 13.8. The monoisotopic (exact) mass is 355 g/mol. The molecule has 0 aliphatic carbocycles. The highest BCUT2D eigenvalue weighted by atomic mass is 16.5. The molecule has 0 aromatic heterocycles. The van der Waals surface area contributed by atoms with Crippen molar-refractivity contribution in [2.24, 2.45) is 0 Å². The fraction of sp³-hybridized carbons (Fsp3) is 0.200. The molecular formula is C20H21NO5. The second-order valence-electron chi connectivity index (χ2n) is 5.21. The smallest absolute Gasteiger partial charge is 0.354 e. The molecular weight excluding hydrogens is 334 g/mol. The van der Waals surface area contributed by atoms with Crippen LogP contribution in [0.25, 0.3) is 6.08 Å². The molecule has 2 aromatic carbocycles. The Morgan fingerprint density at radius 3 is 2.31 bits per heavy atom. The highest BCUT2D eigenvalue weighted by Crippen LogP contribution is 2.28. The lowest BCUT2D eigenvalue weighted by molar-refractivity contribution is -0.138. The lowest BCUT2D eigenvalue weighted by atomic mass is 10.1. The van der Waals surface area contributed by atoms with E-state index in [-0.39, 0.29) is 12.3 Å². The Morgan fingerprint density at radius 2 is 1.69 bits per heavy atom. The van der Waals surface area contributed by atoms with E-state index in [1.165, 1.54) is 20.3 Å². The standard InChI is InChI=1S/C20H21NO5/c1-4-26-20(23)16(21-19(22)15-8-6-5-7-9-15)12-14-10-11-17(24-2)18(13-14)25-3/h5-13H,4H2,1-3H3,(H,21,22). The third kappa shape index (κ3) is 4.86. The SMILES string of the molecule is CCOC(=O)C(=Cc1ccc(OC)c(OC)c1)NC(=O)c1ccccc1. The van der Waals surface area contributed by atoms with Gasteiger partial charge in [-0.05, 0) is 42.8 Å². The Labute approximate surface area is 152 Å². The number of benzene rings is 2. The van der Waals surface area contributed by atoms with Crippen molar-refractivity contribution >= 4 is 18.0 Å². The van der Waals surface area contributed by atoms with Crippen LogP contribution in [0.5, 0.6) is 11.5 Å². The van der Waals surface area contributed by atoms with Gasteiger partial charge < -0.3 is 19.5 Å². The molecule has 1 amide bonds. The van der Waals surface area contributed by atoms with Crippen molar-refractivity contribution in [1.29, 1.82) is 0 Å². The van der Waals surface area contributed by atoms with Crippen LogP contribution in [0.15, 0.2) is 54.2 Å². The quantitative estimate of drug-likeness (QED) is 0.610. The van der Waals surface area contributed by atoms with Crippen molar-refractivity contribution in [2.45, 2.75) is 6.92 Å². The summed E-state index contributed by atoms with van der Waals surface area (Å²) >= 11 is 0. The predicted octanol–water partition coefficient (Wildman–Crippen LogP) is 3.04. The molecule has 0 unspecified atom stereocenters. The van der Waals surface area contributed by atoms with E-state index in [9.17, 15) is 9.59 Å². The molecule has 2 rings (SSSR count). The van der Waals surface area contributed by atoms with Crippen molar-refractivity contribution in [2.75, 3.05) is 20.8 Å². The second kappa shape index (κ2) is 9.27. The van der Waals surface area contributed by atoms with Gasteiger partial charge >= 0.3 is 5.97 Å². The van der Waals surface area contributed by atoms with Crippen molar-refractivity contribution in [3.63, 3.8) is 0 Å². The maximum absolute atomic E-state index is 12.4. The first-order chi connectivity index (χ1) is 12.6. The van der Waals surface area contributed by atoms with Gasteiger partial charge in [0.1, 0.15) is 5.70 Å². The van der Waals surface area contributed by atoms with Crippen molar-refractivity contribution in [3.05, 3.63) is 65.4 Å². The van der Waals surface area contributed by atoms with Crippen LogP contribution in [0.2, 0.25) is 0 Å². The highest BCUT2D eigenvalue weighted by molar-refractivity contribution is 6.03. The van der Waals surface area contributed by atoms with E-state index in [2.05, 4.69) is 5.32 Å². The van der Waals surface area contributed by atoms with Gasteiger partial charge in [-0.25, -0.2) is 4.79 Å². The summed E-state index contributed by atoms with van der Waals surface area (Å²) in [7, 11) is 3.06. The van der Waals surface area contributed by atoms with E-state index >= 15 is 0 Å². The number of amides is 1. The largest absolute Gasteiger partial charge is 0.493 e. The summed E-state index contributed by atoms with van der Waals surface area (Å²) in [6.45, 7) is 1.90. The predicted molar refractivity (Wildman–Crippen MR) is 98.1 cm³/mol. The molecule has 6 nitrogen and oxygen atoms in total. The minimum Gasteiger partial charge on any atom is -0.493 e. The molecule has 0 aliphatic heterocycles. The number of carbonyl (C=O) groups is 2. The van der Waals surface area contributed by atoms with Crippen LogP contribution in [-0.4, -0.2) is 32.7 Å². The molecule has 1 N–H and O–H groups in total. The van der Waals surface area contributed by atoms with Gasteiger partial charge in [-0.2, -0.15) is 0 Å². The number of esters is 1. The van der Waals surface area contributed by atoms with Crippen molar-refractivity contribution in [3.8, 4) is 11.5 Å². The van der Waals surface area contributed by atoms with Gasteiger partial charge in [-0.3, -0.25) is 4.79 Å². The normalized spacial score (nSPS) is 10.8. The van der Waals surface area contributed by atoms with Gasteiger partial charge in [0, 0.05) is 5.56 Å². The summed E-state index contributed by atoms with van der Waals surface area (Å²) < 4.78 is 15.5. The summed E-state index contributed by atoms with van der Waals surface area (Å²) in [4.78, 5) is 24.6. The number of rotatable bonds is 7. The Hall–Kier alpha value is -3.28. The average molecular weight is 355 g/mol. The maximum Gasteiger partial charge on any atom is 0.354 e. The van der Waals surface area contributed by atoms with E-state index in [1.54, 1.807) is 49.4 Å². The molecule has 0 bridgehead atoms. The number of nitrogens with one attached hydrogen (secondary N) is 1. The van der Waals surface area contributed by atoms with Crippen LogP contribution in [0, 0.1) is 0 Å². The van der Waals surface area contributed by atoms with E-state index < -0.39 is 11.9 Å². The number of hydrogen-bond donors (Lipinski definition) is 1. The van der Waals surface area contributed by atoms with E-state index in [0.717, 1.165) is 0 Å². The van der Waals surface area contributed by atoms with Crippen molar-refractivity contribution < 1.29 is 23.8 Å². The molecule has 0 spiro atoms. The van der Waals surface area contributed by atoms with E-state index in [0.29, 0.717) is 22.6 Å². The van der Waals surface area contributed by atoms with Crippen LogP contribution in [0.1, 0.15) is 22.8 Å². The average Bonchev–Trinajstić information content (AvgIpc) is 2.68. The molecule has 0 radical (unpaired) electrons. The first-order valence-corrected chi connectivity index (χ1v) is 8.06. The van der Waals surface area contributed by atoms with Crippen LogP contribution < -0.4 is 14.8 Å². The second-order valence-corrected chi connectivity index (χ2v) is 5.21. The summed E-state index contributed by atoms with van der Waals surface area (Å²) in [5, 5.41) is 2.61. The number of carbonyl (C=O) groups excluding carboxylic acids is 2. The maximum atomic E-state index is 12.4. The third-order valence-electron chi connectivity index (χ3n) is 3.50. The third-order valence-corrected chi connectivity index (χ3v) is 3.50. The Balaban J connectivity index is 2.33. The lowest BCUT2D eigenvalue weighted by Gasteiger charge is -2.11. The van der Waals surface area contributed by atoms with E-state index in [4.69, 9.17) is 14.2 Å². The number of hydrogen-bond acceptors (Lipinski definition) is 5. The topological polar surface area (TPSA) is 73.9 Å². The summed E-state index contributed by atoms with van der Waals surface area (Å²) in [5.41, 5.74) is 1.13. The van der Waals surface area contributed by atoms with Gasteiger partial charge in [0.15, 0.2) is 11.5 Å². The summed E-state index contributed by atoms with van der Waals surface area (Å²) in [6.07, 6.45) is 1.53. The molecule has 0 saturated carbocycles. The van der Waals surface area contributed by atoms with Crippen LogP contribution in [-0.2, 0) is 9.53 Å². The van der Waals surface area contributed by atoms with Crippen LogP contribution >= 0.6 is 0 Å². The first kappa shape index (κ1) is 19.1. The zero-order chi connectivity index (χ0) is 18.9. The zero-order valence-electron chi connectivity index (χ0n) is 14.9. The lowest BCUT2D eigenvalue weighted by Crippen LogP contribution is -2.28. The van der Waals surface area contributed by atoms with Crippen LogP contribution in [0.3, 0.4) is 0 Å². The molecule has 6 heteroatoms. The summed E-state index contributed by atoms with van der Waals surface area (Å²) in [5.74, 6) is 0.0615. The van der Waals surface area contributed by atoms with E-state index in [1.807, 2.05) is 6.07 Å². The van der Waals surface area contributed by atoms with Gasteiger partial charge in [0.25, 0.3) is 5.91 Å². The Kier molecular flexibility index (Phi) is 6.79. The molecule has 26 heavy (non-hydrogen) atoms. The molecule has 2 aromatic rings. The molecule has 0 fully saturated rings. The highest BCUT2D eigenvalue weighted by Gasteiger charge is 2.16. The Bertz CT molecular complexity index is 799. The molecule has 136 valence electrons. The fourth-order valence-electron chi connectivity index (χ4n) is 2.25. The van der Waals surface area contributed by atoms with Crippen LogP contribution in [0.4, 0.5) is 0 Å². The molecule has 0 heterocycles. The van der Waals surface area contributed by atoms with Gasteiger partial charge in [-0.1, -0.05) is 24.3 Å². The fourth-order valence-corrected chi connectivity index (χ4v) is 2.25. The minimum absolute atomic E-state index is 0.0351. The van der Waals surface area contributed by atoms with Crippen molar-refractivity contribution in [1.82, 2.24) is 5.32 Å².